The predicted molar refractivity (Wildman–Crippen MR) is 121 cm³/mol. The normalized spacial score (nSPS) is 13.2. The van der Waals surface area contributed by atoms with Crippen LogP contribution in [0.5, 0.6) is 0 Å². The van der Waals surface area contributed by atoms with Gasteiger partial charge in [0.05, 0.1) is 14.6 Å². The zero-order chi connectivity index (χ0) is 21.1. The van der Waals surface area contributed by atoms with Crippen molar-refractivity contribution in [2.75, 3.05) is 0 Å². The minimum absolute atomic E-state index is 0.173. The van der Waals surface area contributed by atoms with Crippen LogP contribution < -0.4 is 0 Å². The molecule has 7 heteroatoms. The molecular weight excluding hydrogens is 417 g/mol. The van der Waals surface area contributed by atoms with Gasteiger partial charge in [0.1, 0.15) is 10.8 Å². The first-order valence-corrected chi connectivity index (χ1v) is 11.8. The largest absolute Gasteiger partial charge is 0.244 e. The van der Waals surface area contributed by atoms with Crippen molar-refractivity contribution in [3.8, 4) is 21.0 Å². The Bertz CT molecular complexity index is 1290. The molecule has 0 fully saturated rings. The third-order valence-corrected chi connectivity index (χ3v) is 8.34. The van der Waals surface area contributed by atoms with Gasteiger partial charge in [-0.2, -0.15) is 4.36 Å². The average molecular weight is 438 g/mol. The molecule has 4 nitrogen and oxygen atoms in total. The van der Waals surface area contributed by atoms with Crippen LogP contribution in [-0.2, 0) is 9.73 Å². The lowest BCUT2D eigenvalue weighted by Crippen LogP contribution is -2.13. The minimum Gasteiger partial charge on any atom is -0.244 e. The number of hydrogen-bond donors (Lipinski definition) is 0. The Hall–Kier alpha value is -2.90. The van der Waals surface area contributed by atoms with E-state index in [1.807, 2.05) is 62.4 Å². The topological polar surface area (TPSA) is 55.2 Å². The molecule has 4 aromatic rings. The number of pyridine rings is 1. The summed E-state index contributed by atoms with van der Waals surface area (Å²) in [5.41, 5.74) is 1.61. The lowest BCUT2D eigenvalue weighted by molar-refractivity contribution is 0.628. The summed E-state index contributed by atoms with van der Waals surface area (Å²) in [6.45, 7) is 3.80. The van der Waals surface area contributed by atoms with Crippen LogP contribution in [0.2, 0.25) is 0 Å². The van der Waals surface area contributed by atoms with Gasteiger partial charge in [0.2, 0.25) is 0 Å². The van der Waals surface area contributed by atoms with Gasteiger partial charge in [-0.3, -0.25) is 0 Å². The van der Waals surface area contributed by atoms with Crippen molar-refractivity contribution in [3.63, 3.8) is 0 Å². The molecule has 152 valence electrons. The van der Waals surface area contributed by atoms with Crippen molar-refractivity contribution < 1.29 is 8.60 Å². The Kier molecular flexibility index (Phi) is 5.74. The van der Waals surface area contributed by atoms with Gasteiger partial charge >= 0.3 is 0 Å². The van der Waals surface area contributed by atoms with Gasteiger partial charge in [-0.1, -0.05) is 30.3 Å². The van der Waals surface area contributed by atoms with Gasteiger partial charge in [0.25, 0.3) is 0 Å². The number of rotatable bonds is 5. The molecular formula is C23H20FN3OS2. The van der Waals surface area contributed by atoms with E-state index in [4.69, 9.17) is 0 Å². The summed E-state index contributed by atoms with van der Waals surface area (Å²) >= 11 is 1.46. The number of aromatic nitrogens is 2. The molecule has 0 spiro atoms. The van der Waals surface area contributed by atoms with Crippen molar-refractivity contribution in [2.45, 2.75) is 24.0 Å². The highest BCUT2D eigenvalue weighted by Crippen LogP contribution is 2.34. The lowest BCUT2D eigenvalue weighted by atomic mass is 10.2. The lowest BCUT2D eigenvalue weighted by Gasteiger charge is -2.14. The van der Waals surface area contributed by atoms with E-state index in [0.717, 1.165) is 21.0 Å². The average Bonchev–Trinajstić information content (AvgIpc) is 3.25. The highest BCUT2D eigenvalue weighted by Gasteiger charge is 2.18. The molecule has 2 heterocycles. The van der Waals surface area contributed by atoms with Crippen LogP contribution in [0.15, 0.2) is 88.4 Å². The number of hydrogen-bond acceptors (Lipinski definition) is 5. The Morgan fingerprint density at radius 2 is 1.77 bits per heavy atom. The summed E-state index contributed by atoms with van der Waals surface area (Å²) in [4.78, 5) is 10.4. The first kappa shape index (κ1) is 20.4. The molecule has 0 radical (unpaired) electrons. The van der Waals surface area contributed by atoms with E-state index in [2.05, 4.69) is 14.3 Å². The van der Waals surface area contributed by atoms with E-state index < -0.39 is 9.73 Å². The van der Waals surface area contributed by atoms with Crippen LogP contribution in [0.1, 0.15) is 13.8 Å². The molecule has 1 atom stereocenters. The highest BCUT2D eigenvalue weighted by molar-refractivity contribution is 7.94. The van der Waals surface area contributed by atoms with Crippen molar-refractivity contribution in [3.05, 3.63) is 84.9 Å². The van der Waals surface area contributed by atoms with E-state index >= 15 is 0 Å². The maximum Gasteiger partial charge on any atom is 0.162 e. The first-order valence-electron chi connectivity index (χ1n) is 9.45. The van der Waals surface area contributed by atoms with Crippen molar-refractivity contribution in [2.24, 2.45) is 4.36 Å². The molecule has 0 bridgehead atoms. The smallest absolute Gasteiger partial charge is 0.162 e. The van der Waals surface area contributed by atoms with Gasteiger partial charge in [0, 0.05) is 28.1 Å². The Morgan fingerprint density at radius 3 is 2.50 bits per heavy atom. The second-order valence-electron chi connectivity index (χ2n) is 6.96. The van der Waals surface area contributed by atoms with E-state index in [1.54, 1.807) is 18.5 Å². The monoisotopic (exact) mass is 437 g/mol. The summed E-state index contributed by atoms with van der Waals surface area (Å²) in [6.07, 6.45) is 3.40. The number of nitrogens with zero attached hydrogens (tertiary/aromatic N) is 3. The fraction of sp³-hybridized carbons (Fsp3) is 0.130. The fourth-order valence-corrected chi connectivity index (χ4v) is 5.66. The minimum atomic E-state index is -2.67. The van der Waals surface area contributed by atoms with Crippen molar-refractivity contribution in [1.29, 1.82) is 0 Å². The van der Waals surface area contributed by atoms with Crippen molar-refractivity contribution >= 4 is 26.9 Å². The molecule has 0 aliphatic rings. The standard InChI is InChI=1S/C23H20FN3OS2/c1-16(2)30(28,20-9-4-3-5-10-20)27-22-14-17(11-12-25-22)21-15-26-23(29-21)18-7-6-8-19(24)13-18/h3-16H,1-2H3. The van der Waals surface area contributed by atoms with E-state index in [0.29, 0.717) is 10.7 Å². The molecule has 0 aliphatic heterocycles. The summed E-state index contributed by atoms with van der Waals surface area (Å²) in [5, 5.41) is 0.559. The molecule has 0 aliphatic carbocycles. The predicted octanol–water partition coefficient (Wildman–Crippen LogP) is 6.58. The molecule has 0 saturated heterocycles. The molecule has 4 rings (SSSR count). The maximum absolute atomic E-state index is 13.7. The van der Waals surface area contributed by atoms with Gasteiger partial charge < -0.3 is 0 Å². The Labute approximate surface area is 179 Å². The summed E-state index contributed by atoms with van der Waals surface area (Å²) in [5.74, 6) is 0.120. The molecule has 1 unspecified atom stereocenters. The van der Waals surface area contributed by atoms with Crippen LogP contribution in [0.4, 0.5) is 10.2 Å². The summed E-state index contributed by atoms with van der Waals surface area (Å²) in [6, 6.07) is 19.3. The quantitative estimate of drug-likeness (QED) is 0.354. The fourth-order valence-electron chi connectivity index (χ4n) is 2.97. The third-order valence-electron chi connectivity index (χ3n) is 4.56. The van der Waals surface area contributed by atoms with E-state index in [1.165, 1.54) is 23.5 Å². The molecule has 2 aromatic heterocycles. The van der Waals surface area contributed by atoms with Gasteiger partial charge in [-0.25, -0.2) is 18.6 Å². The van der Waals surface area contributed by atoms with Crippen LogP contribution in [0.3, 0.4) is 0 Å². The van der Waals surface area contributed by atoms with Crippen LogP contribution in [0.25, 0.3) is 21.0 Å². The SMILES string of the molecule is CC(C)S(=O)(=Nc1cc(-c2cnc(-c3cccc(F)c3)s2)ccn1)c1ccccc1. The number of halogens is 1. The molecule has 30 heavy (non-hydrogen) atoms. The molecule has 0 N–H and O–H groups in total. The maximum atomic E-state index is 13.7. The summed E-state index contributed by atoms with van der Waals surface area (Å²) in [7, 11) is -2.67. The molecule has 0 saturated carbocycles. The first-order chi connectivity index (χ1) is 14.5. The highest BCUT2D eigenvalue weighted by atomic mass is 32.2. The summed E-state index contributed by atoms with van der Waals surface area (Å²) < 4.78 is 31.8. The zero-order valence-corrected chi connectivity index (χ0v) is 18.2. The van der Waals surface area contributed by atoms with E-state index in [9.17, 15) is 8.60 Å². The van der Waals surface area contributed by atoms with Crippen LogP contribution in [-0.4, -0.2) is 19.4 Å². The van der Waals surface area contributed by atoms with E-state index in [-0.39, 0.29) is 11.1 Å². The Morgan fingerprint density at radius 1 is 0.967 bits per heavy atom. The number of benzene rings is 2. The third kappa shape index (κ3) is 4.17. The molecule has 2 aromatic carbocycles. The van der Waals surface area contributed by atoms with Gasteiger partial charge in [0.15, 0.2) is 5.82 Å². The molecule has 0 amide bonds. The second-order valence-corrected chi connectivity index (χ2v) is 10.7. The van der Waals surface area contributed by atoms with Crippen LogP contribution in [0, 0.1) is 5.82 Å². The van der Waals surface area contributed by atoms with Crippen LogP contribution >= 0.6 is 11.3 Å². The Balaban J connectivity index is 1.73. The van der Waals surface area contributed by atoms with Gasteiger partial charge in [-0.15, -0.1) is 11.3 Å². The zero-order valence-electron chi connectivity index (χ0n) is 16.5. The second kappa shape index (κ2) is 8.45. The van der Waals surface area contributed by atoms with Crippen molar-refractivity contribution in [1.82, 2.24) is 9.97 Å². The van der Waals surface area contributed by atoms with Gasteiger partial charge in [-0.05, 0) is 55.8 Å². The number of thiazole rings is 1.